The molecule has 160 valence electrons. The largest absolute Gasteiger partial charge is 0.452 e. The number of carbonyl (C=O) groups excluding carboxylic acids is 3. The molecule has 2 saturated heterocycles. The van der Waals surface area contributed by atoms with E-state index in [1.54, 1.807) is 13.8 Å². The van der Waals surface area contributed by atoms with Crippen LogP contribution in [0.25, 0.3) is 0 Å². The zero-order chi connectivity index (χ0) is 20.9. The molecular weight excluding hydrogens is 358 g/mol. The van der Waals surface area contributed by atoms with E-state index in [4.69, 9.17) is 4.74 Å². The van der Waals surface area contributed by atoms with E-state index in [1.807, 2.05) is 11.9 Å². The van der Waals surface area contributed by atoms with E-state index in [0.29, 0.717) is 19.1 Å². The number of nitrogens with zero attached hydrogens (tertiary/aromatic N) is 3. The Morgan fingerprint density at radius 1 is 0.964 bits per heavy atom. The Bertz CT molecular complexity index is 560. The second kappa shape index (κ2) is 9.83. The summed E-state index contributed by atoms with van der Waals surface area (Å²) in [6.45, 7) is 12.6. The van der Waals surface area contributed by atoms with Gasteiger partial charge in [0.05, 0.1) is 6.42 Å². The van der Waals surface area contributed by atoms with Gasteiger partial charge in [0, 0.05) is 44.6 Å². The minimum atomic E-state index is -1.14. The number of hydrogen-bond donors (Lipinski definition) is 0. The molecule has 2 aliphatic heterocycles. The third kappa shape index (κ3) is 6.27. The van der Waals surface area contributed by atoms with Gasteiger partial charge in [-0.1, -0.05) is 0 Å². The maximum Gasteiger partial charge on any atom is 0.307 e. The van der Waals surface area contributed by atoms with Crippen LogP contribution in [0.15, 0.2) is 0 Å². The van der Waals surface area contributed by atoms with Crippen molar-refractivity contribution in [2.75, 3.05) is 46.3 Å². The molecule has 0 aliphatic carbocycles. The molecular formula is C21H37N3O4. The van der Waals surface area contributed by atoms with Crippen molar-refractivity contribution in [1.82, 2.24) is 14.7 Å². The van der Waals surface area contributed by atoms with E-state index in [9.17, 15) is 14.4 Å². The zero-order valence-corrected chi connectivity index (χ0v) is 18.2. The number of hydrogen-bond acceptors (Lipinski definition) is 6. The van der Waals surface area contributed by atoms with Gasteiger partial charge in [0.2, 0.25) is 5.91 Å². The van der Waals surface area contributed by atoms with Gasteiger partial charge >= 0.3 is 5.97 Å². The summed E-state index contributed by atoms with van der Waals surface area (Å²) in [5, 5.41) is 0. The molecule has 2 fully saturated rings. The Morgan fingerprint density at radius 3 is 2.07 bits per heavy atom. The third-order valence-electron chi connectivity index (χ3n) is 5.99. The quantitative estimate of drug-likeness (QED) is 0.609. The first-order valence-corrected chi connectivity index (χ1v) is 10.6. The summed E-state index contributed by atoms with van der Waals surface area (Å²) in [4.78, 5) is 43.8. The third-order valence-corrected chi connectivity index (χ3v) is 5.99. The fourth-order valence-electron chi connectivity index (χ4n) is 4.00. The molecule has 0 bridgehead atoms. The predicted octanol–water partition coefficient (Wildman–Crippen LogP) is 1.55. The van der Waals surface area contributed by atoms with Crippen molar-refractivity contribution < 1.29 is 19.1 Å². The average Bonchev–Trinajstić information content (AvgIpc) is 2.66. The van der Waals surface area contributed by atoms with E-state index in [2.05, 4.69) is 23.6 Å². The summed E-state index contributed by atoms with van der Waals surface area (Å²) < 4.78 is 5.48. The van der Waals surface area contributed by atoms with Gasteiger partial charge in [-0.2, -0.15) is 0 Å². The number of rotatable bonds is 7. The van der Waals surface area contributed by atoms with Crippen molar-refractivity contribution in [3.05, 3.63) is 0 Å². The minimum absolute atomic E-state index is 0.00918. The molecule has 1 amide bonds. The summed E-state index contributed by atoms with van der Waals surface area (Å²) in [6.07, 6.45) is 1.76. The molecule has 0 radical (unpaired) electrons. The molecule has 0 N–H and O–H groups in total. The number of piperazine rings is 1. The monoisotopic (exact) mass is 395 g/mol. The lowest BCUT2D eigenvalue weighted by Gasteiger charge is -2.37. The van der Waals surface area contributed by atoms with E-state index >= 15 is 0 Å². The first-order chi connectivity index (χ1) is 13.1. The average molecular weight is 396 g/mol. The molecule has 2 aliphatic rings. The number of Topliss-reactive ketones (excluding diaryl/α,β-unsaturated/α-hetero) is 1. The summed E-state index contributed by atoms with van der Waals surface area (Å²) in [5.74, 6) is -0.553. The summed E-state index contributed by atoms with van der Waals surface area (Å²) >= 11 is 0. The highest BCUT2D eigenvalue weighted by Gasteiger charge is 2.38. The van der Waals surface area contributed by atoms with E-state index in [1.165, 1.54) is 0 Å². The van der Waals surface area contributed by atoms with Crippen molar-refractivity contribution in [1.29, 1.82) is 0 Å². The van der Waals surface area contributed by atoms with Gasteiger partial charge < -0.3 is 14.5 Å². The Labute approximate surface area is 169 Å². The van der Waals surface area contributed by atoms with Gasteiger partial charge in [-0.25, -0.2) is 0 Å². The molecule has 0 saturated carbocycles. The lowest BCUT2D eigenvalue weighted by molar-refractivity contribution is -0.167. The van der Waals surface area contributed by atoms with Crippen LogP contribution >= 0.6 is 0 Å². The molecule has 0 aromatic heterocycles. The summed E-state index contributed by atoms with van der Waals surface area (Å²) in [6, 6.07) is 0.483. The van der Waals surface area contributed by atoms with Crippen molar-refractivity contribution in [2.24, 2.45) is 5.92 Å². The molecule has 2 heterocycles. The van der Waals surface area contributed by atoms with Crippen LogP contribution < -0.4 is 0 Å². The summed E-state index contributed by atoms with van der Waals surface area (Å²) in [7, 11) is 2.05. The predicted molar refractivity (Wildman–Crippen MR) is 108 cm³/mol. The Kier molecular flexibility index (Phi) is 8.01. The highest BCUT2D eigenvalue weighted by molar-refractivity contribution is 5.91. The molecule has 7 nitrogen and oxygen atoms in total. The smallest absolute Gasteiger partial charge is 0.307 e. The molecule has 0 aromatic carbocycles. The lowest BCUT2D eigenvalue weighted by atomic mass is 9.85. The standard InChI is InChI=1S/C21H37N3O4/c1-16(2)23-12-14-24(15-13-23)18(25)6-7-19(26)28-21(3,4)20(27)17-8-10-22(5)11-9-17/h16-17H,6-15H2,1-5H3. The first kappa shape index (κ1) is 22.8. The Hall–Kier alpha value is -1.47. The second-order valence-electron chi connectivity index (χ2n) is 8.94. The number of ketones is 1. The number of amides is 1. The fraction of sp³-hybridized carbons (Fsp3) is 0.857. The number of piperidine rings is 1. The molecule has 0 unspecified atom stereocenters. The van der Waals surface area contributed by atoms with E-state index in [0.717, 1.165) is 39.0 Å². The van der Waals surface area contributed by atoms with Gasteiger partial charge in [-0.15, -0.1) is 0 Å². The van der Waals surface area contributed by atoms with Crippen LogP contribution in [0.5, 0.6) is 0 Å². The number of esters is 1. The van der Waals surface area contributed by atoms with Crippen LogP contribution in [-0.4, -0.2) is 90.3 Å². The van der Waals surface area contributed by atoms with Crippen LogP contribution in [-0.2, 0) is 19.1 Å². The van der Waals surface area contributed by atoms with Crippen molar-refractivity contribution in [3.63, 3.8) is 0 Å². The van der Waals surface area contributed by atoms with Gasteiger partial charge in [0.25, 0.3) is 0 Å². The summed E-state index contributed by atoms with van der Waals surface area (Å²) in [5.41, 5.74) is -1.14. The molecule has 7 heteroatoms. The fourth-order valence-corrected chi connectivity index (χ4v) is 4.00. The molecule has 0 aromatic rings. The van der Waals surface area contributed by atoms with Crippen molar-refractivity contribution in [3.8, 4) is 0 Å². The Morgan fingerprint density at radius 2 is 1.54 bits per heavy atom. The van der Waals surface area contributed by atoms with Crippen LogP contribution in [0.3, 0.4) is 0 Å². The highest BCUT2D eigenvalue weighted by atomic mass is 16.6. The number of carbonyl (C=O) groups is 3. The van der Waals surface area contributed by atoms with Crippen LogP contribution in [0.2, 0.25) is 0 Å². The van der Waals surface area contributed by atoms with Crippen LogP contribution in [0, 0.1) is 5.92 Å². The maximum atomic E-state index is 12.8. The van der Waals surface area contributed by atoms with Gasteiger partial charge in [0.1, 0.15) is 0 Å². The molecule has 0 spiro atoms. The highest BCUT2D eigenvalue weighted by Crippen LogP contribution is 2.25. The maximum absolute atomic E-state index is 12.8. The Balaban J connectivity index is 1.75. The molecule has 0 atom stereocenters. The lowest BCUT2D eigenvalue weighted by Crippen LogP contribution is -2.50. The van der Waals surface area contributed by atoms with Crippen molar-refractivity contribution >= 4 is 17.7 Å². The number of likely N-dealkylation sites (tertiary alicyclic amines) is 1. The molecule has 28 heavy (non-hydrogen) atoms. The first-order valence-electron chi connectivity index (χ1n) is 10.6. The van der Waals surface area contributed by atoms with Crippen LogP contribution in [0.1, 0.15) is 53.4 Å². The SMILES string of the molecule is CC(C)N1CCN(C(=O)CCC(=O)OC(C)(C)C(=O)C2CCN(C)CC2)CC1. The van der Waals surface area contributed by atoms with E-state index < -0.39 is 11.6 Å². The normalized spacial score (nSPS) is 20.4. The van der Waals surface area contributed by atoms with Gasteiger partial charge in [-0.3, -0.25) is 19.3 Å². The molecule has 2 rings (SSSR count). The topological polar surface area (TPSA) is 70.2 Å². The van der Waals surface area contributed by atoms with Gasteiger partial charge in [-0.05, 0) is 60.7 Å². The minimum Gasteiger partial charge on any atom is -0.452 e. The van der Waals surface area contributed by atoms with E-state index in [-0.39, 0.29) is 30.4 Å². The van der Waals surface area contributed by atoms with Crippen LogP contribution in [0.4, 0.5) is 0 Å². The number of ether oxygens (including phenoxy) is 1. The zero-order valence-electron chi connectivity index (χ0n) is 18.2. The van der Waals surface area contributed by atoms with Crippen molar-refractivity contribution in [2.45, 2.75) is 65.0 Å². The van der Waals surface area contributed by atoms with Gasteiger partial charge in [0.15, 0.2) is 11.4 Å². The second-order valence-corrected chi connectivity index (χ2v) is 8.94.